The highest BCUT2D eigenvalue weighted by molar-refractivity contribution is 5.51. The van der Waals surface area contributed by atoms with E-state index in [2.05, 4.69) is 65.1 Å². The van der Waals surface area contributed by atoms with Crippen molar-refractivity contribution in [3.8, 4) is 0 Å². The Morgan fingerprint density at radius 2 is 1.84 bits per heavy atom. The summed E-state index contributed by atoms with van der Waals surface area (Å²) in [4.78, 5) is 13.8. The van der Waals surface area contributed by atoms with Crippen LogP contribution in [0.15, 0.2) is 36.5 Å². The predicted molar refractivity (Wildman–Crippen MR) is 106 cm³/mol. The summed E-state index contributed by atoms with van der Waals surface area (Å²) in [5, 5.41) is 3.34. The first kappa shape index (κ1) is 17.5. The molecule has 2 aromatic rings. The molecule has 5 heteroatoms. The smallest absolute Gasteiger partial charge is 0.224 e. The van der Waals surface area contributed by atoms with E-state index in [0.29, 0.717) is 5.92 Å². The molecular weight excluding hydrogens is 310 g/mol. The maximum atomic E-state index is 4.69. The lowest BCUT2D eigenvalue weighted by Gasteiger charge is -2.36. The highest BCUT2D eigenvalue weighted by Crippen LogP contribution is 2.20. The fourth-order valence-corrected chi connectivity index (χ4v) is 3.10. The van der Waals surface area contributed by atoms with E-state index < -0.39 is 0 Å². The molecule has 1 saturated heterocycles. The monoisotopic (exact) mass is 339 g/mol. The highest BCUT2D eigenvalue weighted by atomic mass is 15.3. The summed E-state index contributed by atoms with van der Waals surface area (Å²) in [7, 11) is 0. The lowest BCUT2D eigenvalue weighted by atomic mass is 10.1. The minimum absolute atomic E-state index is 0.686. The SMILES string of the molecule is Cc1cccc(N2CCN(c3ccnc(NCCC(C)C)n3)CC2)c1. The number of hydrogen-bond acceptors (Lipinski definition) is 5. The molecule has 1 fully saturated rings. The molecule has 0 spiro atoms. The van der Waals surface area contributed by atoms with Crippen LogP contribution in [0.3, 0.4) is 0 Å². The van der Waals surface area contributed by atoms with Crippen LogP contribution in [0.5, 0.6) is 0 Å². The molecule has 1 aromatic carbocycles. The van der Waals surface area contributed by atoms with Crippen LogP contribution in [-0.2, 0) is 0 Å². The van der Waals surface area contributed by atoms with E-state index in [1.54, 1.807) is 0 Å². The van der Waals surface area contributed by atoms with Crippen molar-refractivity contribution < 1.29 is 0 Å². The normalized spacial score (nSPS) is 14.9. The second-order valence-corrected chi connectivity index (χ2v) is 7.16. The van der Waals surface area contributed by atoms with Crippen molar-refractivity contribution in [1.29, 1.82) is 0 Å². The molecule has 1 aliphatic rings. The van der Waals surface area contributed by atoms with Crippen LogP contribution in [0.1, 0.15) is 25.8 Å². The third kappa shape index (κ3) is 4.84. The van der Waals surface area contributed by atoms with Gasteiger partial charge in [-0.2, -0.15) is 4.98 Å². The molecule has 0 bridgehead atoms. The van der Waals surface area contributed by atoms with Gasteiger partial charge in [0.1, 0.15) is 5.82 Å². The Hall–Kier alpha value is -2.30. The van der Waals surface area contributed by atoms with Crippen molar-refractivity contribution in [3.63, 3.8) is 0 Å². The van der Waals surface area contributed by atoms with Gasteiger partial charge in [0.2, 0.25) is 5.95 Å². The zero-order valence-electron chi connectivity index (χ0n) is 15.6. The van der Waals surface area contributed by atoms with Crippen LogP contribution in [0.4, 0.5) is 17.5 Å². The van der Waals surface area contributed by atoms with Crippen molar-refractivity contribution in [3.05, 3.63) is 42.1 Å². The number of nitrogens with zero attached hydrogens (tertiary/aromatic N) is 4. The summed E-state index contributed by atoms with van der Waals surface area (Å²) in [5.74, 6) is 2.44. The van der Waals surface area contributed by atoms with E-state index in [-0.39, 0.29) is 0 Å². The lowest BCUT2D eigenvalue weighted by Crippen LogP contribution is -2.46. The van der Waals surface area contributed by atoms with Crippen molar-refractivity contribution in [2.45, 2.75) is 27.2 Å². The van der Waals surface area contributed by atoms with Gasteiger partial charge in [-0.3, -0.25) is 0 Å². The maximum absolute atomic E-state index is 4.69. The Morgan fingerprint density at radius 3 is 2.56 bits per heavy atom. The number of nitrogens with one attached hydrogen (secondary N) is 1. The summed E-state index contributed by atoms with van der Waals surface area (Å²) in [5.41, 5.74) is 2.63. The van der Waals surface area contributed by atoms with Gasteiger partial charge in [0, 0.05) is 44.6 Å². The fraction of sp³-hybridized carbons (Fsp3) is 0.500. The Bertz CT molecular complexity index is 677. The molecular formula is C20H29N5. The third-order valence-corrected chi connectivity index (χ3v) is 4.62. The van der Waals surface area contributed by atoms with Crippen LogP contribution in [0.25, 0.3) is 0 Å². The van der Waals surface area contributed by atoms with Gasteiger partial charge in [0.25, 0.3) is 0 Å². The van der Waals surface area contributed by atoms with E-state index in [4.69, 9.17) is 4.98 Å². The summed E-state index contributed by atoms with van der Waals surface area (Å²) in [6.45, 7) is 11.5. The Balaban J connectivity index is 1.57. The molecule has 25 heavy (non-hydrogen) atoms. The molecule has 0 atom stereocenters. The molecule has 0 aliphatic carbocycles. The van der Waals surface area contributed by atoms with E-state index in [1.165, 1.54) is 11.3 Å². The topological polar surface area (TPSA) is 44.3 Å². The fourth-order valence-electron chi connectivity index (χ4n) is 3.10. The molecule has 0 saturated carbocycles. The quantitative estimate of drug-likeness (QED) is 0.871. The molecule has 1 N–H and O–H groups in total. The Kier molecular flexibility index (Phi) is 5.74. The van der Waals surface area contributed by atoms with E-state index in [9.17, 15) is 0 Å². The van der Waals surface area contributed by atoms with Crippen LogP contribution >= 0.6 is 0 Å². The predicted octanol–water partition coefficient (Wildman–Crippen LogP) is 3.57. The first-order valence-corrected chi connectivity index (χ1v) is 9.25. The first-order chi connectivity index (χ1) is 12.1. The average Bonchev–Trinajstić information content (AvgIpc) is 2.62. The second-order valence-electron chi connectivity index (χ2n) is 7.16. The van der Waals surface area contributed by atoms with Crippen LogP contribution < -0.4 is 15.1 Å². The standard InChI is InChI=1S/C20H29N5/c1-16(2)7-9-21-20-22-10-8-19(23-20)25-13-11-24(12-14-25)18-6-4-5-17(3)15-18/h4-6,8,10,15-16H,7,9,11-14H2,1-3H3,(H,21,22,23). The zero-order valence-corrected chi connectivity index (χ0v) is 15.6. The summed E-state index contributed by atoms with van der Waals surface area (Å²) in [6, 6.07) is 10.8. The van der Waals surface area contributed by atoms with Gasteiger partial charge in [0.05, 0.1) is 0 Å². The molecule has 0 amide bonds. The summed E-state index contributed by atoms with van der Waals surface area (Å²) >= 11 is 0. The van der Waals surface area contributed by atoms with Gasteiger partial charge in [-0.15, -0.1) is 0 Å². The Labute approximate surface area is 151 Å². The van der Waals surface area contributed by atoms with Crippen molar-refractivity contribution >= 4 is 17.5 Å². The number of benzene rings is 1. The third-order valence-electron chi connectivity index (χ3n) is 4.62. The van der Waals surface area contributed by atoms with Gasteiger partial charge < -0.3 is 15.1 Å². The number of aryl methyl sites for hydroxylation is 1. The van der Waals surface area contributed by atoms with Crippen LogP contribution in [0.2, 0.25) is 0 Å². The number of piperazine rings is 1. The lowest BCUT2D eigenvalue weighted by molar-refractivity contribution is 0.605. The molecule has 0 unspecified atom stereocenters. The number of aromatic nitrogens is 2. The van der Waals surface area contributed by atoms with Gasteiger partial charge >= 0.3 is 0 Å². The minimum Gasteiger partial charge on any atom is -0.368 e. The van der Waals surface area contributed by atoms with E-state index >= 15 is 0 Å². The average molecular weight is 339 g/mol. The van der Waals surface area contributed by atoms with Gasteiger partial charge in [-0.05, 0) is 43.0 Å². The van der Waals surface area contributed by atoms with Gasteiger partial charge in [0.15, 0.2) is 0 Å². The second kappa shape index (κ2) is 8.19. The highest BCUT2D eigenvalue weighted by Gasteiger charge is 2.18. The summed E-state index contributed by atoms with van der Waals surface area (Å²) < 4.78 is 0. The molecule has 1 aliphatic heterocycles. The summed E-state index contributed by atoms with van der Waals surface area (Å²) in [6.07, 6.45) is 2.98. The number of anilines is 3. The van der Waals surface area contributed by atoms with Gasteiger partial charge in [-0.25, -0.2) is 4.98 Å². The number of hydrogen-bond donors (Lipinski definition) is 1. The Morgan fingerprint density at radius 1 is 1.08 bits per heavy atom. The number of rotatable bonds is 6. The first-order valence-electron chi connectivity index (χ1n) is 9.25. The molecule has 5 nitrogen and oxygen atoms in total. The molecule has 3 rings (SSSR count). The molecule has 134 valence electrons. The molecule has 0 radical (unpaired) electrons. The van der Waals surface area contributed by atoms with Crippen molar-refractivity contribution in [2.75, 3.05) is 47.8 Å². The van der Waals surface area contributed by atoms with Crippen LogP contribution in [0, 0.1) is 12.8 Å². The zero-order chi connectivity index (χ0) is 17.6. The van der Waals surface area contributed by atoms with E-state index in [0.717, 1.165) is 50.9 Å². The minimum atomic E-state index is 0.686. The largest absolute Gasteiger partial charge is 0.368 e. The molecule has 1 aromatic heterocycles. The van der Waals surface area contributed by atoms with Crippen molar-refractivity contribution in [2.24, 2.45) is 5.92 Å². The van der Waals surface area contributed by atoms with Crippen molar-refractivity contribution in [1.82, 2.24) is 9.97 Å². The van der Waals surface area contributed by atoms with Gasteiger partial charge in [-0.1, -0.05) is 26.0 Å². The maximum Gasteiger partial charge on any atom is 0.224 e. The van der Waals surface area contributed by atoms with Crippen LogP contribution in [-0.4, -0.2) is 42.7 Å². The molecule has 2 heterocycles. The van der Waals surface area contributed by atoms with E-state index in [1.807, 2.05) is 12.3 Å².